The predicted molar refractivity (Wildman–Crippen MR) is 88.6 cm³/mol. The van der Waals surface area contributed by atoms with Gasteiger partial charge in [-0.2, -0.15) is 5.10 Å². The number of ether oxygens (including phenoxy) is 1. The zero-order valence-corrected chi connectivity index (χ0v) is 12.9. The summed E-state index contributed by atoms with van der Waals surface area (Å²) in [4.78, 5) is 8.39. The average molecular weight is 328 g/mol. The van der Waals surface area contributed by atoms with E-state index >= 15 is 0 Å². The van der Waals surface area contributed by atoms with Crippen molar-refractivity contribution in [2.45, 2.75) is 18.9 Å². The van der Waals surface area contributed by atoms with Crippen molar-refractivity contribution in [3.63, 3.8) is 0 Å². The molecule has 24 heavy (non-hydrogen) atoms. The first kappa shape index (κ1) is 14.8. The molecule has 0 spiro atoms. The Bertz CT molecular complexity index is 903. The lowest BCUT2D eigenvalue weighted by Gasteiger charge is -2.22. The van der Waals surface area contributed by atoms with Crippen LogP contribution < -0.4 is 11.5 Å². The molecule has 124 valence electrons. The fraction of sp³-hybridized carbons (Fsp3) is 0.312. The smallest absolute Gasteiger partial charge is 0.164 e. The van der Waals surface area contributed by atoms with E-state index in [1.165, 1.54) is 18.5 Å². The first-order chi connectivity index (χ1) is 11.6. The fourth-order valence-electron chi connectivity index (χ4n) is 3.04. The zero-order valence-electron chi connectivity index (χ0n) is 12.9. The van der Waals surface area contributed by atoms with Crippen molar-refractivity contribution in [3.05, 3.63) is 30.3 Å². The second-order valence-corrected chi connectivity index (χ2v) is 5.86. The molecule has 1 aliphatic heterocycles. The molecule has 4 N–H and O–H groups in total. The van der Waals surface area contributed by atoms with Gasteiger partial charge in [0.25, 0.3) is 0 Å². The van der Waals surface area contributed by atoms with Gasteiger partial charge in [-0.3, -0.25) is 0 Å². The summed E-state index contributed by atoms with van der Waals surface area (Å²) in [6.45, 7) is 1.32. The molecule has 2 aromatic heterocycles. The normalized spacial score (nSPS) is 18.1. The van der Waals surface area contributed by atoms with Crippen molar-refractivity contribution in [2.75, 3.05) is 24.7 Å². The van der Waals surface area contributed by atoms with Gasteiger partial charge in [0.05, 0.1) is 23.7 Å². The molecule has 3 heterocycles. The summed E-state index contributed by atoms with van der Waals surface area (Å²) < 4.78 is 21.3. The number of nitrogens with two attached hydrogens (primary N) is 2. The maximum absolute atomic E-state index is 13.9. The van der Waals surface area contributed by atoms with Crippen molar-refractivity contribution in [1.82, 2.24) is 19.7 Å². The third-order valence-electron chi connectivity index (χ3n) is 4.27. The van der Waals surface area contributed by atoms with E-state index in [1.807, 2.05) is 4.68 Å². The van der Waals surface area contributed by atoms with Crippen LogP contribution in [0.4, 0.5) is 15.9 Å². The Balaban J connectivity index is 1.93. The first-order valence-corrected chi connectivity index (χ1v) is 7.77. The molecular formula is C16H17FN6O. The lowest BCUT2D eigenvalue weighted by atomic mass is 10.1. The molecule has 0 radical (unpaired) electrons. The zero-order chi connectivity index (χ0) is 16.7. The fourth-order valence-corrected chi connectivity index (χ4v) is 3.04. The summed E-state index contributed by atoms with van der Waals surface area (Å²) in [5.74, 6) is -0.179. The summed E-state index contributed by atoms with van der Waals surface area (Å²) in [6.07, 6.45) is 3.31. The lowest BCUT2D eigenvalue weighted by molar-refractivity contribution is 0.0564. The highest BCUT2D eigenvalue weighted by atomic mass is 19.1. The number of rotatable bonds is 2. The number of anilines is 2. The van der Waals surface area contributed by atoms with Gasteiger partial charge >= 0.3 is 0 Å². The van der Waals surface area contributed by atoms with E-state index < -0.39 is 5.82 Å². The molecule has 1 saturated heterocycles. The van der Waals surface area contributed by atoms with Crippen molar-refractivity contribution < 1.29 is 9.13 Å². The highest BCUT2D eigenvalue weighted by molar-refractivity contribution is 5.98. The number of benzene rings is 1. The Morgan fingerprint density at radius 1 is 1.25 bits per heavy atom. The molecular weight excluding hydrogens is 311 g/mol. The second kappa shape index (κ2) is 5.72. The van der Waals surface area contributed by atoms with Crippen molar-refractivity contribution in [2.24, 2.45) is 0 Å². The standard InChI is InChI=1S/C16H17FN6O/c17-11-6-9(3-4-12(11)18)14-13-15(19)20-8-21-16(13)23(22-14)10-2-1-5-24-7-10/h3-4,6,8,10H,1-2,5,7,18H2,(H2,19,20,21). The maximum atomic E-state index is 13.9. The van der Waals surface area contributed by atoms with E-state index in [9.17, 15) is 4.39 Å². The summed E-state index contributed by atoms with van der Waals surface area (Å²) in [5, 5.41) is 5.28. The van der Waals surface area contributed by atoms with E-state index in [1.54, 1.807) is 6.07 Å². The molecule has 1 fully saturated rings. The first-order valence-electron chi connectivity index (χ1n) is 7.77. The third kappa shape index (κ3) is 2.35. The molecule has 1 aromatic carbocycles. The van der Waals surface area contributed by atoms with Crippen LogP contribution in [0.25, 0.3) is 22.3 Å². The Morgan fingerprint density at radius 2 is 2.12 bits per heavy atom. The molecule has 0 amide bonds. The summed E-state index contributed by atoms with van der Waals surface area (Å²) in [5.41, 5.74) is 13.5. The molecule has 1 unspecified atom stereocenters. The van der Waals surface area contributed by atoms with Gasteiger partial charge in [-0.05, 0) is 25.0 Å². The van der Waals surface area contributed by atoms with Gasteiger partial charge in [0, 0.05) is 12.2 Å². The molecule has 3 aromatic rings. The quantitative estimate of drug-likeness (QED) is 0.698. The van der Waals surface area contributed by atoms with Gasteiger partial charge in [-0.15, -0.1) is 0 Å². The number of hydrogen-bond donors (Lipinski definition) is 2. The van der Waals surface area contributed by atoms with Gasteiger partial charge in [0.2, 0.25) is 0 Å². The molecule has 7 nitrogen and oxygen atoms in total. The largest absolute Gasteiger partial charge is 0.396 e. The van der Waals surface area contributed by atoms with Crippen LogP contribution in [0.1, 0.15) is 18.9 Å². The van der Waals surface area contributed by atoms with Gasteiger partial charge in [0.1, 0.15) is 23.7 Å². The predicted octanol–water partition coefficient (Wildman–Crippen LogP) is 2.15. The maximum Gasteiger partial charge on any atom is 0.164 e. The number of nitrogens with zero attached hydrogens (tertiary/aromatic N) is 4. The van der Waals surface area contributed by atoms with Crippen LogP contribution in [0.3, 0.4) is 0 Å². The minimum Gasteiger partial charge on any atom is -0.396 e. The van der Waals surface area contributed by atoms with Crippen LogP contribution in [0.5, 0.6) is 0 Å². The van der Waals surface area contributed by atoms with Crippen molar-refractivity contribution in [1.29, 1.82) is 0 Å². The van der Waals surface area contributed by atoms with Crippen LogP contribution in [-0.2, 0) is 4.74 Å². The van der Waals surface area contributed by atoms with Gasteiger partial charge < -0.3 is 16.2 Å². The monoisotopic (exact) mass is 328 g/mol. The lowest BCUT2D eigenvalue weighted by Crippen LogP contribution is -2.22. The Labute approximate surface area is 137 Å². The molecule has 4 rings (SSSR count). The number of nitrogen functional groups attached to an aromatic ring is 2. The second-order valence-electron chi connectivity index (χ2n) is 5.86. The highest BCUT2D eigenvalue weighted by Gasteiger charge is 2.24. The molecule has 1 aliphatic rings. The number of hydrogen-bond acceptors (Lipinski definition) is 6. The minimum absolute atomic E-state index is 0.0722. The number of fused-ring (bicyclic) bond motifs is 1. The van der Waals surface area contributed by atoms with Gasteiger partial charge in [-0.25, -0.2) is 19.0 Å². The third-order valence-corrected chi connectivity index (χ3v) is 4.27. The summed E-state index contributed by atoms with van der Waals surface area (Å²) in [7, 11) is 0. The molecule has 1 atom stereocenters. The van der Waals surface area contributed by atoms with Gasteiger partial charge in [0.15, 0.2) is 5.65 Å². The van der Waals surface area contributed by atoms with Gasteiger partial charge in [-0.1, -0.05) is 6.07 Å². The highest BCUT2D eigenvalue weighted by Crippen LogP contribution is 2.34. The van der Waals surface area contributed by atoms with Crippen LogP contribution >= 0.6 is 0 Å². The van der Waals surface area contributed by atoms with Crippen LogP contribution in [0.2, 0.25) is 0 Å². The van der Waals surface area contributed by atoms with Crippen LogP contribution in [0, 0.1) is 5.82 Å². The van der Waals surface area contributed by atoms with E-state index in [0.29, 0.717) is 34.7 Å². The van der Waals surface area contributed by atoms with Crippen molar-refractivity contribution >= 4 is 22.5 Å². The Kier molecular flexibility index (Phi) is 3.53. The molecule has 0 saturated carbocycles. The van der Waals surface area contributed by atoms with E-state index in [2.05, 4.69) is 15.1 Å². The van der Waals surface area contributed by atoms with E-state index in [4.69, 9.17) is 16.2 Å². The average Bonchev–Trinajstić information content (AvgIpc) is 2.99. The summed E-state index contributed by atoms with van der Waals surface area (Å²) in [6, 6.07) is 4.65. The number of aromatic nitrogens is 4. The van der Waals surface area contributed by atoms with Crippen LogP contribution in [0.15, 0.2) is 24.5 Å². The van der Waals surface area contributed by atoms with E-state index in [0.717, 1.165) is 19.4 Å². The minimum atomic E-state index is -0.494. The molecule has 0 bridgehead atoms. The van der Waals surface area contributed by atoms with Crippen LogP contribution in [-0.4, -0.2) is 33.0 Å². The number of halogens is 1. The SMILES string of the molecule is Nc1ccc(-c2nn(C3CCCOC3)c3ncnc(N)c23)cc1F. The van der Waals surface area contributed by atoms with E-state index in [-0.39, 0.29) is 11.7 Å². The Morgan fingerprint density at radius 3 is 2.88 bits per heavy atom. The topological polar surface area (TPSA) is 105 Å². The Hall–Kier alpha value is -2.74. The molecule has 8 heteroatoms. The van der Waals surface area contributed by atoms with Crippen molar-refractivity contribution in [3.8, 4) is 11.3 Å². The summed E-state index contributed by atoms with van der Waals surface area (Å²) >= 11 is 0. The molecule has 0 aliphatic carbocycles.